The highest BCUT2D eigenvalue weighted by molar-refractivity contribution is 5.93. The third kappa shape index (κ3) is 3.27. The van der Waals surface area contributed by atoms with Gasteiger partial charge in [-0.2, -0.15) is 0 Å². The number of carbonyl (C=O) groups excluding carboxylic acids is 1. The Hall–Kier alpha value is -1.42. The number of nitrogens with zero attached hydrogens (tertiary/aromatic N) is 1. The fourth-order valence-corrected chi connectivity index (χ4v) is 2.18. The van der Waals surface area contributed by atoms with Crippen LogP contribution in [0.2, 0.25) is 0 Å². The molecule has 1 fully saturated rings. The summed E-state index contributed by atoms with van der Waals surface area (Å²) in [6, 6.07) is 3.61. The molecule has 0 bridgehead atoms. The van der Waals surface area contributed by atoms with E-state index in [1.807, 2.05) is 13.0 Å². The number of pyridine rings is 1. The molecule has 4 nitrogen and oxygen atoms in total. The number of aryl methyl sites for hydroxylation is 1. The van der Waals surface area contributed by atoms with E-state index in [1.165, 1.54) is 0 Å². The number of aromatic nitrogens is 1. The van der Waals surface area contributed by atoms with Gasteiger partial charge in [0.15, 0.2) is 0 Å². The first kappa shape index (κ1) is 12.0. The summed E-state index contributed by atoms with van der Waals surface area (Å²) in [6.07, 6.45) is 4.05. The zero-order valence-corrected chi connectivity index (χ0v) is 10.0. The second-order valence-corrected chi connectivity index (χ2v) is 4.73. The Kier molecular flexibility index (Phi) is 3.74. The number of hydrogen-bond donors (Lipinski definition) is 2. The maximum atomic E-state index is 11.8. The van der Waals surface area contributed by atoms with Gasteiger partial charge < -0.3 is 10.4 Å². The van der Waals surface area contributed by atoms with E-state index >= 15 is 0 Å². The average molecular weight is 234 g/mol. The van der Waals surface area contributed by atoms with Gasteiger partial charge in [0, 0.05) is 18.4 Å². The Bertz CT molecular complexity index is 389. The van der Waals surface area contributed by atoms with E-state index < -0.39 is 0 Å². The lowest BCUT2D eigenvalue weighted by Gasteiger charge is -2.10. The highest BCUT2D eigenvalue weighted by Crippen LogP contribution is 2.24. The van der Waals surface area contributed by atoms with Crippen LogP contribution in [0.25, 0.3) is 0 Å². The third-order valence-electron chi connectivity index (χ3n) is 3.24. The van der Waals surface area contributed by atoms with Gasteiger partial charge in [-0.15, -0.1) is 0 Å². The van der Waals surface area contributed by atoms with Crippen LogP contribution in [0.5, 0.6) is 0 Å². The third-order valence-corrected chi connectivity index (χ3v) is 3.24. The van der Waals surface area contributed by atoms with Gasteiger partial charge in [0.25, 0.3) is 5.91 Å². The van der Waals surface area contributed by atoms with E-state index in [0.29, 0.717) is 18.0 Å². The van der Waals surface area contributed by atoms with Crippen LogP contribution in [0, 0.1) is 12.8 Å². The molecule has 0 aliphatic heterocycles. The fourth-order valence-electron chi connectivity index (χ4n) is 2.18. The molecule has 92 valence electrons. The molecule has 1 heterocycles. The molecule has 1 aromatic heterocycles. The zero-order chi connectivity index (χ0) is 12.3. The molecule has 1 amide bonds. The first-order valence-electron chi connectivity index (χ1n) is 6.04. The number of carbonyl (C=O) groups is 1. The number of nitrogens with one attached hydrogen (secondary N) is 1. The van der Waals surface area contributed by atoms with Crippen molar-refractivity contribution in [3.05, 3.63) is 29.6 Å². The summed E-state index contributed by atoms with van der Waals surface area (Å²) in [5.74, 6) is 0.325. The fraction of sp³-hybridized carbons (Fsp3) is 0.538. The Balaban J connectivity index is 1.83. The van der Waals surface area contributed by atoms with Crippen LogP contribution >= 0.6 is 0 Å². The molecular formula is C13H18N2O2. The maximum Gasteiger partial charge on any atom is 0.252 e. The first-order chi connectivity index (χ1) is 8.15. The molecule has 2 N–H and O–H groups in total. The monoisotopic (exact) mass is 234 g/mol. The summed E-state index contributed by atoms with van der Waals surface area (Å²) in [7, 11) is 0. The standard InChI is InChI=1S/C13H18N2O2/c1-9-2-4-11(8-14-9)13(17)15-7-10-3-5-12(16)6-10/h2,4,8,10,12,16H,3,5-7H2,1H3,(H,15,17). The highest BCUT2D eigenvalue weighted by atomic mass is 16.3. The lowest BCUT2D eigenvalue weighted by molar-refractivity contribution is 0.0944. The number of aliphatic hydroxyl groups is 1. The summed E-state index contributed by atoms with van der Waals surface area (Å²) < 4.78 is 0. The van der Waals surface area contributed by atoms with Crippen molar-refractivity contribution in [1.29, 1.82) is 0 Å². The predicted octanol–water partition coefficient (Wildman–Crippen LogP) is 1.28. The molecule has 1 aliphatic rings. The Morgan fingerprint density at radius 1 is 1.53 bits per heavy atom. The summed E-state index contributed by atoms with van der Waals surface area (Å²) in [6.45, 7) is 2.53. The largest absolute Gasteiger partial charge is 0.393 e. The molecular weight excluding hydrogens is 216 g/mol. The molecule has 4 heteroatoms. The molecule has 0 saturated heterocycles. The second kappa shape index (κ2) is 5.27. The Morgan fingerprint density at radius 3 is 2.94 bits per heavy atom. The zero-order valence-electron chi connectivity index (χ0n) is 10.0. The van der Waals surface area contributed by atoms with E-state index in [1.54, 1.807) is 12.3 Å². The SMILES string of the molecule is Cc1ccc(C(=O)NCC2CCC(O)C2)cn1. The summed E-state index contributed by atoms with van der Waals surface area (Å²) >= 11 is 0. The van der Waals surface area contributed by atoms with Crippen LogP contribution in [-0.4, -0.2) is 28.6 Å². The van der Waals surface area contributed by atoms with Gasteiger partial charge in [-0.3, -0.25) is 9.78 Å². The van der Waals surface area contributed by atoms with E-state index in [0.717, 1.165) is 25.0 Å². The maximum absolute atomic E-state index is 11.8. The molecule has 17 heavy (non-hydrogen) atoms. The molecule has 1 saturated carbocycles. The van der Waals surface area contributed by atoms with Crippen LogP contribution in [0.3, 0.4) is 0 Å². The molecule has 2 unspecified atom stereocenters. The quantitative estimate of drug-likeness (QED) is 0.828. The lowest BCUT2D eigenvalue weighted by Crippen LogP contribution is -2.28. The Morgan fingerprint density at radius 2 is 2.35 bits per heavy atom. The van der Waals surface area contributed by atoms with Gasteiger partial charge in [-0.1, -0.05) is 0 Å². The van der Waals surface area contributed by atoms with Gasteiger partial charge in [-0.05, 0) is 44.2 Å². The minimum atomic E-state index is -0.182. The average Bonchev–Trinajstić information content (AvgIpc) is 2.73. The number of aliphatic hydroxyl groups excluding tert-OH is 1. The van der Waals surface area contributed by atoms with Gasteiger partial charge in [0.05, 0.1) is 11.7 Å². The molecule has 0 aromatic carbocycles. The molecule has 1 aliphatic carbocycles. The van der Waals surface area contributed by atoms with Crippen molar-refractivity contribution in [3.8, 4) is 0 Å². The molecule has 0 spiro atoms. The molecule has 2 rings (SSSR count). The molecule has 2 atom stereocenters. The van der Waals surface area contributed by atoms with Crippen molar-refractivity contribution in [1.82, 2.24) is 10.3 Å². The minimum absolute atomic E-state index is 0.0844. The molecule has 1 aromatic rings. The van der Waals surface area contributed by atoms with Gasteiger partial charge in [-0.25, -0.2) is 0 Å². The van der Waals surface area contributed by atoms with Crippen molar-refractivity contribution in [2.24, 2.45) is 5.92 Å². The van der Waals surface area contributed by atoms with E-state index in [2.05, 4.69) is 10.3 Å². The normalized spacial score (nSPS) is 23.6. The summed E-state index contributed by atoms with van der Waals surface area (Å²) in [5, 5.41) is 12.3. The van der Waals surface area contributed by atoms with Crippen molar-refractivity contribution in [3.63, 3.8) is 0 Å². The van der Waals surface area contributed by atoms with E-state index in [9.17, 15) is 9.90 Å². The van der Waals surface area contributed by atoms with Crippen molar-refractivity contribution in [2.45, 2.75) is 32.3 Å². The summed E-state index contributed by atoms with van der Waals surface area (Å²) in [5.41, 5.74) is 1.50. The van der Waals surface area contributed by atoms with E-state index in [-0.39, 0.29) is 12.0 Å². The number of amides is 1. The Labute approximate surface area is 101 Å². The molecule has 0 radical (unpaired) electrons. The predicted molar refractivity (Wildman–Crippen MR) is 64.7 cm³/mol. The van der Waals surface area contributed by atoms with Crippen molar-refractivity contribution < 1.29 is 9.90 Å². The van der Waals surface area contributed by atoms with Gasteiger partial charge >= 0.3 is 0 Å². The topological polar surface area (TPSA) is 62.2 Å². The minimum Gasteiger partial charge on any atom is -0.393 e. The number of hydrogen-bond acceptors (Lipinski definition) is 3. The highest BCUT2D eigenvalue weighted by Gasteiger charge is 2.23. The van der Waals surface area contributed by atoms with Crippen molar-refractivity contribution >= 4 is 5.91 Å². The summed E-state index contributed by atoms with van der Waals surface area (Å²) in [4.78, 5) is 15.9. The van der Waals surface area contributed by atoms with Crippen LogP contribution in [0.4, 0.5) is 0 Å². The second-order valence-electron chi connectivity index (χ2n) is 4.73. The van der Waals surface area contributed by atoms with Gasteiger partial charge in [0.2, 0.25) is 0 Å². The van der Waals surface area contributed by atoms with Crippen molar-refractivity contribution in [2.75, 3.05) is 6.54 Å². The van der Waals surface area contributed by atoms with Crippen LogP contribution in [0.15, 0.2) is 18.3 Å². The lowest BCUT2D eigenvalue weighted by atomic mass is 10.1. The van der Waals surface area contributed by atoms with Crippen LogP contribution < -0.4 is 5.32 Å². The smallest absolute Gasteiger partial charge is 0.252 e. The van der Waals surface area contributed by atoms with Gasteiger partial charge in [0.1, 0.15) is 0 Å². The van der Waals surface area contributed by atoms with E-state index in [4.69, 9.17) is 0 Å². The van der Waals surface area contributed by atoms with Crippen LogP contribution in [-0.2, 0) is 0 Å². The van der Waals surface area contributed by atoms with Crippen LogP contribution in [0.1, 0.15) is 35.3 Å². The first-order valence-corrected chi connectivity index (χ1v) is 6.04. The number of rotatable bonds is 3.